The molecule has 3 nitrogen and oxygen atoms in total. The van der Waals surface area contributed by atoms with Crippen LogP contribution in [0.4, 0.5) is 0 Å². The zero-order valence-electron chi connectivity index (χ0n) is 13.3. The highest BCUT2D eigenvalue weighted by atomic mass is 16.5. The molecule has 3 heteroatoms. The summed E-state index contributed by atoms with van der Waals surface area (Å²) in [5.41, 5.74) is 1.14. The molecule has 0 aliphatic carbocycles. The molecule has 20 heavy (non-hydrogen) atoms. The molecule has 0 heterocycles. The molecule has 0 bridgehead atoms. The van der Waals surface area contributed by atoms with Crippen molar-refractivity contribution in [3.05, 3.63) is 29.8 Å². The first-order valence-corrected chi connectivity index (χ1v) is 7.35. The number of carbonyl (C=O) groups excluding carboxylic acids is 1. The van der Waals surface area contributed by atoms with E-state index in [-0.39, 0.29) is 12.5 Å². The van der Waals surface area contributed by atoms with Gasteiger partial charge >= 0.3 is 0 Å². The van der Waals surface area contributed by atoms with Gasteiger partial charge in [-0.1, -0.05) is 39.8 Å². The van der Waals surface area contributed by atoms with Crippen molar-refractivity contribution in [1.82, 2.24) is 4.90 Å². The number of rotatable bonds is 7. The molecule has 0 unspecified atom stereocenters. The van der Waals surface area contributed by atoms with Crippen molar-refractivity contribution in [2.75, 3.05) is 19.7 Å². The fourth-order valence-corrected chi connectivity index (χ4v) is 2.10. The van der Waals surface area contributed by atoms with Gasteiger partial charge in [0.15, 0.2) is 6.61 Å². The molecule has 1 amide bonds. The van der Waals surface area contributed by atoms with E-state index in [0.29, 0.717) is 11.8 Å². The number of benzene rings is 1. The summed E-state index contributed by atoms with van der Waals surface area (Å²) in [6.45, 7) is 12.2. The van der Waals surface area contributed by atoms with Crippen LogP contribution in [-0.2, 0) is 4.79 Å². The Kier molecular flexibility index (Phi) is 6.56. The topological polar surface area (TPSA) is 29.5 Å². The van der Waals surface area contributed by atoms with E-state index in [1.54, 1.807) is 0 Å². The largest absolute Gasteiger partial charge is 0.484 e. The van der Waals surface area contributed by atoms with E-state index in [0.717, 1.165) is 24.4 Å². The summed E-state index contributed by atoms with van der Waals surface area (Å²) >= 11 is 0. The Bertz CT molecular complexity index is 417. The van der Waals surface area contributed by atoms with Gasteiger partial charge in [-0.25, -0.2) is 0 Å². The van der Waals surface area contributed by atoms with Gasteiger partial charge in [-0.3, -0.25) is 4.79 Å². The molecule has 0 saturated heterocycles. The third kappa shape index (κ3) is 6.09. The van der Waals surface area contributed by atoms with Crippen LogP contribution in [-0.4, -0.2) is 30.5 Å². The lowest BCUT2D eigenvalue weighted by Crippen LogP contribution is -2.39. The van der Waals surface area contributed by atoms with E-state index in [1.165, 1.54) is 0 Å². The van der Waals surface area contributed by atoms with Crippen molar-refractivity contribution in [3.63, 3.8) is 0 Å². The van der Waals surface area contributed by atoms with Crippen LogP contribution in [0.1, 0.15) is 33.3 Å². The predicted octanol–water partition coefficient (Wildman–Crippen LogP) is 3.51. The molecule has 0 atom stereocenters. The van der Waals surface area contributed by atoms with Crippen LogP contribution in [0.2, 0.25) is 0 Å². The Morgan fingerprint density at radius 3 is 2.25 bits per heavy atom. The SMILES string of the molecule is Cc1cccc(OCC(=O)N(CC(C)C)CC(C)C)c1. The summed E-state index contributed by atoms with van der Waals surface area (Å²) < 4.78 is 5.60. The standard InChI is InChI=1S/C17H27NO2/c1-13(2)10-18(11-14(3)4)17(19)12-20-16-8-6-7-15(5)9-16/h6-9,13-14H,10-12H2,1-5H3. The average Bonchev–Trinajstić information content (AvgIpc) is 2.34. The number of carbonyl (C=O) groups is 1. The van der Waals surface area contributed by atoms with E-state index < -0.39 is 0 Å². The number of hydrogen-bond acceptors (Lipinski definition) is 2. The second-order valence-corrected chi connectivity index (χ2v) is 6.19. The second-order valence-electron chi connectivity index (χ2n) is 6.19. The highest BCUT2D eigenvalue weighted by Crippen LogP contribution is 2.13. The highest BCUT2D eigenvalue weighted by Gasteiger charge is 2.16. The summed E-state index contributed by atoms with van der Waals surface area (Å²) in [4.78, 5) is 14.2. The number of nitrogens with zero attached hydrogens (tertiary/aromatic N) is 1. The molecule has 0 spiro atoms. The first-order chi connectivity index (χ1) is 9.38. The fraction of sp³-hybridized carbons (Fsp3) is 0.588. The van der Waals surface area contributed by atoms with E-state index in [4.69, 9.17) is 4.74 Å². The number of hydrogen-bond donors (Lipinski definition) is 0. The van der Waals surface area contributed by atoms with Gasteiger partial charge in [-0.15, -0.1) is 0 Å². The summed E-state index contributed by atoms with van der Waals surface area (Å²) in [7, 11) is 0. The summed E-state index contributed by atoms with van der Waals surface area (Å²) in [5, 5.41) is 0. The van der Waals surface area contributed by atoms with Gasteiger partial charge in [0.1, 0.15) is 5.75 Å². The minimum absolute atomic E-state index is 0.0638. The number of aryl methyl sites for hydroxylation is 1. The predicted molar refractivity (Wildman–Crippen MR) is 82.9 cm³/mol. The molecule has 1 rings (SSSR count). The van der Waals surface area contributed by atoms with Gasteiger partial charge in [0.05, 0.1) is 0 Å². The summed E-state index contributed by atoms with van der Waals surface area (Å²) in [6, 6.07) is 7.78. The molecular formula is C17H27NO2. The highest BCUT2D eigenvalue weighted by molar-refractivity contribution is 5.77. The van der Waals surface area contributed by atoms with E-state index in [2.05, 4.69) is 27.7 Å². The molecule has 0 aromatic heterocycles. The van der Waals surface area contributed by atoms with E-state index in [9.17, 15) is 4.79 Å². The maximum atomic E-state index is 12.3. The Hall–Kier alpha value is -1.51. The summed E-state index contributed by atoms with van der Waals surface area (Å²) in [5.74, 6) is 1.76. The lowest BCUT2D eigenvalue weighted by molar-refractivity contribution is -0.134. The maximum absolute atomic E-state index is 12.3. The van der Waals surface area contributed by atoms with Crippen molar-refractivity contribution in [3.8, 4) is 5.75 Å². The van der Waals surface area contributed by atoms with Gasteiger partial charge < -0.3 is 9.64 Å². The first-order valence-electron chi connectivity index (χ1n) is 7.35. The smallest absolute Gasteiger partial charge is 0.260 e. The van der Waals surface area contributed by atoms with Crippen LogP contribution in [0, 0.1) is 18.8 Å². The van der Waals surface area contributed by atoms with Crippen molar-refractivity contribution in [1.29, 1.82) is 0 Å². The molecule has 0 aliphatic rings. The second kappa shape index (κ2) is 7.93. The normalized spacial score (nSPS) is 10.9. The molecule has 0 aliphatic heterocycles. The molecule has 0 fully saturated rings. The Morgan fingerprint density at radius 2 is 1.75 bits per heavy atom. The van der Waals surface area contributed by atoms with Crippen LogP contribution < -0.4 is 4.74 Å². The third-order valence-corrected chi connectivity index (χ3v) is 2.88. The van der Waals surface area contributed by atoms with E-state index >= 15 is 0 Å². The zero-order chi connectivity index (χ0) is 15.1. The Balaban J connectivity index is 2.57. The molecule has 0 N–H and O–H groups in total. The van der Waals surface area contributed by atoms with Crippen molar-refractivity contribution >= 4 is 5.91 Å². The Morgan fingerprint density at radius 1 is 1.15 bits per heavy atom. The van der Waals surface area contributed by atoms with Crippen molar-refractivity contribution < 1.29 is 9.53 Å². The molecule has 0 radical (unpaired) electrons. The maximum Gasteiger partial charge on any atom is 0.260 e. The molecule has 1 aromatic carbocycles. The minimum atomic E-state index is 0.0638. The van der Waals surface area contributed by atoms with Gasteiger partial charge in [0, 0.05) is 13.1 Å². The minimum Gasteiger partial charge on any atom is -0.484 e. The lowest BCUT2D eigenvalue weighted by atomic mass is 10.1. The number of amides is 1. The van der Waals surface area contributed by atoms with Crippen LogP contribution in [0.5, 0.6) is 5.75 Å². The summed E-state index contributed by atoms with van der Waals surface area (Å²) in [6.07, 6.45) is 0. The van der Waals surface area contributed by atoms with Crippen LogP contribution in [0.25, 0.3) is 0 Å². The lowest BCUT2D eigenvalue weighted by Gasteiger charge is -2.26. The van der Waals surface area contributed by atoms with Crippen LogP contribution in [0.3, 0.4) is 0 Å². The number of ether oxygens (including phenoxy) is 1. The van der Waals surface area contributed by atoms with Gasteiger partial charge in [-0.2, -0.15) is 0 Å². The average molecular weight is 277 g/mol. The van der Waals surface area contributed by atoms with Crippen molar-refractivity contribution in [2.24, 2.45) is 11.8 Å². The monoisotopic (exact) mass is 277 g/mol. The molecule has 1 aromatic rings. The van der Waals surface area contributed by atoms with Crippen LogP contribution in [0.15, 0.2) is 24.3 Å². The van der Waals surface area contributed by atoms with Gasteiger partial charge in [0.2, 0.25) is 0 Å². The van der Waals surface area contributed by atoms with E-state index in [1.807, 2.05) is 36.1 Å². The van der Waals surface area contributed by atoms with Crippen LogP contribution >= 0.6 is 0 Å². The van der Waals surface area contributed by atoms with Crippen molar-refractivity contribution in [2.45, 2.75) is 34.6 Å². The van der Waals surface area contributed by atoms with Gasteiger partial charge in [-0.05, 0) is 36.5 Å². The fourth-order valence-electron chi connectivity index (χ4n) is 2.10. The first kappa shape index (κ1) is 16.5. The third-order valence-electron chi connectivity index (χ3n) is 2.88. The quantitative estimate of drug-likeness (QED) is 0.763. The Labute approximate surface area is 122 Å². The van der Waals surface area contributed by atoms with Gasteiger partial charge in [0.25, 0.3) is 5.91 Å². The zero-order valence-corrected chi connectivity index (χ0v) is 13.3. The molecule has 112 valence electrons. The molecule has 0 saturated carbocycles. The molecular weight excluding hydrogens is 250 g/mol.